The number of nitro groups is 1. The van der Waals surface area contributed by atoms with Crippen molar-refractivity contribution in [2.24, 2.45) is 0 Å². The summed E-state index contributed by atoms with van der Waals surface area (Å²) in [7, 11) is 0. The van der Waals surface area contributed by atoms with E-state index in [0.29, 0.717) is 16.7 Å². The molecule has 0 bridgehead atoms. The molecule has 7 heteroatoms. The van der Waals surface area contributed by atoms with Crippen LogP contribution in [0.2, 0.25) is 0 Å². The van der Waals surface area contributed by atoms with Gasteiger partial charge in [-0.15, -0.1) is 0 Å². The fraction of sp³-hybridized carbons (Fsp3) is 0.125. The van der Waals surface area contributed by atoms with Gasteiger partial charge in [-0.3, -0.25) is 24.6 Å². The SMILES string of the molecule is O=C1c2ccccc2C(=O)N1CCc1ccc(O)c([N+](=O)[O-])c1. The molecule has 2 amide bonds. The highest BCUT2D eigenvalue weighted by Crippen LogP contribution is 2.27. The van der Waals surface area contributed by atoms with E-state index in [-0.39, 0.29) is 24.8 Å². The Labute approximate surface area is 130 Å². The molecule has 0 aromatic heterocycles. The molecule has 2 aromatic carbocycles. The van der Waals surface area contributed by atoms with Crippen LogP contribution in [0.5, 0.6) is 5.75 Å². The summed E-state index contributed by atoms with van der Waals surface area (Å²) in [4.78, 5) is 35.7. The standard InChI is InChI=1S/C16H12N2O5/c19-14-6-5-10(9-13(14)18(22)23)7-8-17-15(20)11-3-1-2-4-12(11)16(17)21/h1-6,9,19H,7-8H2. The summed E-state index contributed by atoms with van der Waals surface area (Å²) in [6.45, 7) is 0.119. The number of hydrogen-bond acceptors (Lipinski definition) is 5. The van der Waals surface area contributed by atoms with Crippen molar-refractivity contribution in [2.45, 2.75) is 6.42 Å². The molecule has 2 aromatic rings. The summed E-state index contributed by atoms with van der Waals surface area (Å²) >= 11 is 0. The van der Waals surface area contributed by atoms with Gasteiger partial charge in [-0.05, 0) is 30.2 Å². The van der Waals surface area contributed by atoms with Gasteiger partial charge < -0.3 is 5.11 Å². The number of amides is 2. The Hall–Kier alpha value is -3.22. The van der Waals surface area contributed by atoms with Gasteiger partial charge in [0.15, 0.2) is 5.75 Å². The number of fused-ring (bicyclic) bond motifs is 1. The van der Waals surface area contributed by atoms with Crippen LogP contribution in [0.15, 0.2) is 42.5 Å². The molecule has 0 radical (unpaired) electrons. The van der Waals surface area contributed by atoms with Gasteiger partial charge in [0.25, 0.3) is 11.8 Å². The lowest BCUT2D eigenvalue weighted by Gasteiger charge is -2.13. The molecule has 1 N–H and O–H groups in total. The molecule has 0 atom stereocenters. The molecule has 23 heavy (non-hydrogen) atoms. The highest BCUT2D eigenvalue weighted by molar-refractivity contribution is 6.21. The van der Waals surface area contributed by atoms with Crippen molar-refractivity contribution in [3.8, 4) is 5.75 Å². The van der Waals surface area contributed by atoms with Gasteiger partial charge in [0.1, 0.15) is 0 Å². The van der Waals surface area contributed by atoms with E-state index in [1.54, 1.807) is 24.3 Å². The van der Waals surface area contributed by atoms with Gasteiger partial charge in [0.05, 0.1) is 16.1 Å². The van der Waals surface area contributed by atoms with Crippen LogP contribution < -0.4 is 0 Å². The molecule has 0 unspecified atom stereocenters. The zero-order valence-corrected chi connectivity index (χ0v) is 11.9. The first-order valence-electron chi connectivity index (χ1n) is 6.90. The van der Waals surface area contributed by atoms with Crippen molar-refractivity contribution in [1.29, 1.82) is 0 Å². The van der Waals surface area contributed by atoms with Crippen LogP contribution >= 0.6 is 0 Å². The number of carbonyl (C=O) groups excluding carboxylic acids is 2. The van der Waals surface area contributed by atoms with Crippen molar-refractivity contribution in [2.75, 3.05) is 6.54 Å². The summed E-state index contributed by atoms with van der Waals surface area (Å²) in [6, 6.07) is 10.6. The van der Waals surface area contributed by atoms with Crippen molar-refractivity contribution in [3.63, 3.8) is 0 Å². The van der Waals surface area contributed by atoms with Crippen LogP contribution in [0.25, 0.3) is 0 Å². The second-order valence-electron chi connectivity index (χ2n) is 5.14. The lowest BCUT2D eigenvalue weighted by Crippen LogP contribution is -2.31. The summed E-state index contributed by atoms with van der Waals surface area (Å²) < 4.78 is 0. The highest BCUT2D eigenvalue weighted by Gasteiger charge is 2.34. The molecule has 7 nitrogen and oxygen atoms in total. The molecule has 1 aliphatic heterocycles. The zero-order chi connectivity index (χ0) is 16.6. The van der Waals surface area contributed by atoms with Gasteiger partial charge in [0.2, 0.25) is 0 Å². The lowest BCUT2D eigenvalue weighted by atomic mass is 10.1. The van der Waals surface area contributed by atoms with E-state index >= 15 is 0 Å². The average Bonchev–Trinajstić information content (AvgIpc) is 2.78. The minimum absolute atomic E-state index is 0.119. The number of imide groups is 1. The van der Waals surface area contributed by atoms with Crippen molar-refractivity contribution >= 4 is 17.5 Å². The average molecular weight is 312 g/mol. The minimum Gasteiger partial charge on any atom is -0.502 e. The van der Waals surface area contributed by atoms with E-state index in [2.05, 4.69) is 0 Å². The monoisotopic (exact) mass is 312 g/mol. The molecule has 0 saturated carbocycles. The molecule has 1 heterocycles. The maximum atomic E-state index is 12.2. The Morgan fingerprint density at radius 2 is 1.65 bits per heavy atom. The summed E-state index contributed by atoms with van der Waals surface area (Å²) in [5.74, 6) is -1.14. The third-order valence-corrected chi connectivity index (χ3v) is 3.74. The summed E-state index contributed by atoms with van der Waals surface area (Å²) in [6.07, 6.45) is 0.270. The third-order valence-electron chi connectivity index (χ3n) is 3.74. The third kappa shape index (κ3) is 2.52. The highest BCUT2D eigenvalue weighted by atomic mass is 16.6. The van der Waals surface area contributed by atoms with Crippen LogP contribution in [-0.2, 0) is 6.42 Å². The number of rotatable bonds is 4. The predicted octanol–water partition coefficient (Wildman–Crippen LogP) is 2.14. The Bertz CT molecular complexity index is 796. The van der Waals surface area contributed by atoms with Gasteiger partial charge in [-0.2, -0.15) is 0 Å². The lowest BCUT2D eigenvalue weighted by molar-refractivity contribution is -0.385. The second-order valence-corrected chi connectivity index (χ2v) is 5.14. The maximum Gasteiger partial charge on any atom is 0.310 e. The first kappa shape index (κ1) is 14.7. The molecule has 0 fully saturated rings. The molecule has 3 rings (SSSR count). The van der Waals surface area contributed by atoms with Gasteiger partial charge in [-0.1, -0.05) is 18.2 Å². The molecule has 0 spiro atoms. The molecular formula is C16H12N2O5. The van der Waals surface area contributed by atoms with E-state index < -0.39 is 16.4 Å². The molecule has 1 aliphatic rings. The Morgan fingerprint density at radius 1 is 1.04 bits per heavy atom. The van der Waals surface area contributed by atoms with Crippen LogP contribution in [0, 0.1) is 10.1 Å². The second kappa shape index (κ2) is 5.53. The molecular weight excluding hydrogens is 300 g/mol. The minimum atomic E-state index is -0.680. The molecule has 0 aliphatic carbocycles. The van der Waals surface area contributed by atoms with E-state index in [9.17, 15) is 24.8 Å². The summed E-state index contributed by atoms with van der Waals surface area (Å²) in [5.41, 5.74) is 0.902. The fourth-order valence-electron chi connectivity index (χ4n) is 2.55. The number of carbonyl (C=O) groups is 2. The summed E-state index contributed by atoms with van der Waals surface area (Å²) in [5, 5.41) is 20.2. The molecule has 116 valence electrons. The van der Waals surface area contributed by atoms with Crippen LogP contribution in [-0.4, -0.2) is 33.3 Å². The number of hydrogen-bond donors (Lipinski definition) is 1. The van der Waals surface area contributed by atoms with Gasteiger partial charge in [0, 0.05) is 12.6 Å². The van der Waals surface area contributed by atoms with Gasteiger partial charge in [-0.25, -0.2) is 0 Å². The van der Waals surface area contributed by atoms with E-state index in [0.717, 1.165) is 4.90 Å². The van der Waals surface area contributed by atoms with Crippen LogP contribution in [0.1, 0.15) is 26.3 Å². The van der Waals surface area contributed by atoms with E-state index in [1.165, 1.54) is 18.2 Å². The van der Waals surface area contributed by atoms with Crippen LogP contribution in [0.3, 0.4) is 0 Å². The first-order valence-corrected chi connectivity index (χ1v) is 6.90. The number of phenolic OH excluding ortho intramolecular Hbond substituents is 1. The largest absolute Gasteiger partial charge is 0.502 e. The number of aromatic hydroxyl groups is 1. The normalized spacial score (nSPS) is 13.3. The molecule has 0 saturated heterocycles. The number of nitro benzene ring substituents is 1. The number of phenols is 1. The van der Waals surface area contributed by atoms with Crippen LogP contribution in [0.4, 0.5) is 5.69 Å². The van der Waals surface area contributed by atoms with Crippen molar-refractivity contribution < 1.29 is 19.6 Å². The van der Waals surface area contributed by atoms with Crippen molar-refractivity contribution in [3.05, 3.63) is 69.3 Å². The fourth-order valence-corrected chi connectivity index (χ4v) is 2.55. The smallest absolute Gasteiger partial charge is 0.310 e. The van der Waals surface area contributed by atoms with Gasteiger partial charge >= 0.3 is 5.69 Å². The zero-order valence-electron chi connectivity index (χ0n) is 11.9. The Kier molecular flexibility index (Phi) is 3.53. The first-order chi connectivity index (χ1) is 11.0. The number of benzene rings is 2. The van der Waals surface area contributed by atoms with Crippen molar-refractivity contribution in [1.82, 2.24) is 4.90 Å². The maximum absolute atomic E-state index is 12.2. The quantitative estimate of drug-likeness (QED) is 0.529. The Morgan fingerprint density at radius 3 is 2.22 bits per heavy atom. The van der Waals surface area contributed by atoms with E-state index in [4.69, 9.17) is 0 Å². The number of nitrogens with zero attached hydrogens (tertiary/aromatic N) is 2. The topological polar surface area (TPSA) is 101 Å². The Balaban J connectivity index is 1.78. The van der Waals surface area contributed by atoms with E-state index in [1.807, 2.05) is 0 Å². The predicted molar refractivity (Wildman–Crippen MR) is 80.3 cm³/mol.